The second-order valence-corrected chi connectivity index (χ2v) is 8.02. The third-order valence-electron chi connectivity index (χ3n) is 5.39. The van der Waals surface area contributed by atoms with E-state index in [4.69, 9.17) is 25.8 Å². The average molecular weight is 473 g/mol. The summed E-state index contributed by atoms with van der Waals surface area (Å²) in [5.41, 5.74) is 0.738. The first-order valence-corrected chi connectivity index (χ1v) is 10.7. The summed E-state index contributed by atoms with van der Waals surface area (Å²) in [7, 11) is 1.45. The van der Waals surface area contributed by atoms with Gasteiger partial charge >= 0.3 is 5.97 Å². The number of carbonyl (C=O) groups is 4. The normalized spacial score (nSPS) is 17.2. The number of esters is 1. The van der Waals surface area contributed by atoms with Gasteiger partial charge in [0.25, 0.3) is 17.7 Å². The van der Waals surface area contributed by atoms with Crippen molar-refractivity contribution in [1.82, 2.24) is 4.90 Å². The molecule has 0 aliphatic carbocycles. The Morgan fingerprint density at radius 2 is 1.94 bits per heavy atom. The minimum atomic E-state index is -0.802. The zero-order valence-electron chi connectivity index (χ0n) is 17.8. The molecule has 0 aromatic heterocycles. The molecule has 0 spiro atoms. The average Bonchev–Trinajstić information content (AvgIpc) is 3.40. The fourth-order valence-electron chi connectivity index (χ4n) is 3.75. The van der Waals surface area contributed by atoms with Gasteiger partial charge < -0.3 is 19.5 Å². The predicted octanol–water partition coefficient (Wildman–Crippen LogP) is 2.92. The minimum Gasteiger partial charge on any atom is -0.495 e. The van der Waals surface area contributed by atoms with Crippen molar-refractivity contribution in [3.05, 3.63) is 58.1 Å². The number of imide groups is 1. The monoisotopic (exact) mass is 472 g/mol. The maximum atomic E-state index is 12.7. The summed E-state index contributed by atoms with van der Waals surface area (Å²) in [5, 5.41) is 2.96. The van der Waals surface area contributed by atoms with E-state index in [1.165, 1.54) is 31.4 Å². The predicted molar refractivity (Wildman–Crippen MR) is 118 cm³/mol. The fourth-order valence-corrected chi connectivity index (χ4v) is 3.93. The standard InChI is InChI=1S/C23H21ClN2O7/c1-31-19-7-5-14(24)10-18(19)25-20(27)12-33-23(30)13-4-6-16-17(9-13)22(29)26(21(16)28)11-15-3-2-8-32-15/h4-7,9-10,15H,2-3,8,11-12H2,1H3,(H,25,27)/t15-/m0/s1. The maximum Gasteiger partial charge on any atom is 0.338 e. The maximum absolute atomic E-state index is 12.7. The highest BCUT2D eigenvalue weighted by Gasteiger charge is 2.38. The lowest BCUT2D eigenvalue weighted by Crippen LogP contribution is -2.36. The third-order valence-corrected chi connectivity index (χ3v) is 5.62. The Kier molecular flexibility index (Phi) is 6.62. The Hall–Kier alpha value is -3.43. The van der Waals surface area contributed by atoms with Gasteiger partial charge in [0, 0.05) is 11.6 Å². The van der Waals surface area contributed by atoms with E-state index >= 15 is 0 Å². The van der Waals surface area contributed by atoms with Crippen molar-refractivity contribution in [2.75, 3.05) is 32.2 Å². The van der Waals surface area contributed by atoms with Gasteiger partial charge in [-0.1, -0.05) is 11.6 Å². The van der Waals surface area contributed by atoms with Crippen LogP contribution in [0.3, 0.4) is 0 Å². The summed E-state index contributed by atoms with van der Waals surface area (Å²) in [6, 6.07) is 8.82. The van der Waals surface area contributed by atoms with Gasteiger partial charge in [-0.05, 0) is 49.2 Å². The summed E-state index contributed by atoms with van der Waals surface area (Å²) in [5.74, 6) is -1.90. The second-order valence-electron chi connectivity index (χ2n) is 7.59. The van der Waals surface area contributed by atoms with Gasteiger partial charge in [-0.15, -0.1) is 0 Å². The van der Waals surface area contributed by atoms with Crippen molar-refractivity contribution in [3.63, 3.8) is 0 Å². The first kappa shape index (κ1) is 22.8. The Labute approximate surface area is 194 Å². The van der Waals surface area contributed by atoms with Crippen molar-refractivity contribution < 1.29 is 33.4 Å². The van der Waals surface area contributed by atoms with Crippen LogP contribution in [-0.4, -0.2) is 61.6 Å². The number of anilines is 1. The van der Waals surface area contributed by atoms with Gasteiger partial charge in [0.05, 0.1) is 42.1 Å². The molecule has 0 bridgehead atoms. The van der Waals surface area contributed by atoms with Crippen LogP contribution in [0.15, 0.2) is 36.4 Å². The number of ether oxygens (including phenoxy) is 3. The molecule has 172 valence electrons. The van der Waals surface area contributed by atoms with Crippen molar-refractivity contribution in [2.24, 2.45) is 0 Å². The van der Waals surface area contributed by atoms with E-state index in [0.717, 1.165) is 17.7 Å². The molecule has 4 rings (SSSR count). The van der Waals surface area contributed by atoms with Crippen LogP contribution in [0.4, 0.5) is 5.69 Å². The number of hydrogen-bond acceptors (Lipinski definition) is 7. The molecule has 33 heavy (non-hydrogen) atoms. The molecule has 2 aromatic rings. The Morgan fingerprint density at radius 1 is 1.15 bits per heavy atom. The lowest BCUT2D eigenvalue weighted by atomic mass is 10.1. The molecular formula is C23H21ClN2O7. The fraction of sp³-hybridized carbons (Fsp3) is 0.304. The van der Waals surface area contributed by atoms with Crippen LogP contribution in [0, 0.1) is 0 Å². The van der Waals surface area contributed by atoms with Crippen LogP contribution in [0.25, 0.3) is 0 Å². The molecule has 1 N–H and O–H groups in total. The lowest BCUT2D eigenvalue weighted by Gasteiger charge is -2.17. The molecule has 10 heteroatoms. The van der Waals surface area contributed by atoms with Gasteiger partial charge in [-0.2, -0.15) is 0 Å². The molecule has 0 radical (unpaired) electrons. The highest BCUT2D eigenvalue weighted by Crippen LogP contribution is 2.28. The van der Waals surface area contributed by atoms with Crippen molar-refractivity contribution in [1.29, 1.82) is 0 Å². The van der Waals surface area contributed by atoms with E-state index in [0.29, 0.717) is 23.1 Å². The number of amides is 3. The quantitative estimate of drug-likeness (QED) is 0.487. The molecule has 2 aromatic carbocycles. The van der Waals surface area contributed by atoms with Crippen LogP contribution in [0.1, 0.15) is 43.9 Å². The van der Waals surface area contributed by atoms with Crippen LogP contribution >= 0.6 is 11.6 Å². The van der Waals surface area contributed by atoms with Crippen LogP contribution < -0.4 is 10.1 Å². The number of carbonyl (C=O) groups excluding carboxylic acids is 4. The second kappa shape index (κ2) is 9.60. The first-order valence-electron chi connectivity index (χ1n) is 10.3. The highest BCUT2D eigenvalue weighted by molar-refractivity contribution is 6.31. The van der Waals surface area contributed by atoms with Gasteiger partial charge in [0.2, 0.25) is 0 Å². The SMILES string of the molecule is COc1ccc(Cl)cc1NC(=O)COC(=O)c1ccc2c(c1)C(=O)N(C[C@@H]1CCCO1)C2=O. The number of rotatable bonds is 7. The molecule has 1 fully saturated rings. The van der Waals surface area contributed by atoms with Crippen LogP contribution in [0.5, 0.6) is 5.75 Å². The summed E-state index contributed by atoms with van der Waals surface area (Å²) < 4.78 is 15.7. The van der Waals surface area contributed by atoms with E-state index in [-0.39, 0.29) is 29.3 Å². The molecule has 3 amide bonds. The smallest absolute Gasteiger partial charge is 0.338 e. The third kappa shape index (κ3) is 4.84. The molecule has 2 heterocycles. The van der Waals surface area contributed by atoms with Gasteiger partial charge in [0.1, 0.15) is 5.75 Å². The topological polar surface area (TPSA) is 111 Å². The Bertz CT molecular complexity index is 1130. The molecule has 0 saturated carbocycles. The number of nitrogens with one attached hydrogen (secondary N) is 1. The number of methoxy groups -OCH3 is 1. The van der Waals surface area contributed by atoms with Crippen molar-refractivity contribution in [2.45, 2.75) is 18.9 Å². The zero-order chi connectivity index (χ0) is 23.5. The Morgan fingerprint density at radius 3 is 2.67 bits per heavy atom. The van der Waals surface area contributed by atoms with Gasteiger partial charge in [-0.25, -0.2) is 4.79 Å². The number of nitrogens with zero attached hydrogens (tertiary/aromatic N) is 1. The molecule has 1 atom stereocenters. The van der Waals surface area contributed by atoms with Crippen molar-refractivity contribution >= 4 is 41.0 Å². The minimum absolute atomic E-state index is 0.0574. The summed E-state index contributed by atoms with van der Waals surface area (Å²) >= 11 is 5.94. The lowest BCUT2D eigenvalue weighted by molar-refractivity contribution is -0.119. The van der Waals surface area contributed by atoms with Crippen molar-refractivity contribution in [3.8, 4) is 5.75 Å². The van der Waals surface area contributed by atoms with E-state index in [1.54, 1.807) is 12.1 Å². The number of fused-ring (bicyclic) bond motifs is 1. The first-order chi connectivity index (χ1) is 15.9. The molecule has 9 nitrogen and oxygen atoms in total. The van der Waals surface area contributed by atoms with Crippen LogP contribution in [0.2, 0.25) is 5.02 Å². The summed E-state index contributed by atoms with van der Waals surface area (Å²) in [4.78, 5) is 51.1. The highest BCUT2D eigenvalue weighted by atomic mass is 35.5. The summed E-state index contributed by atoms with van der Waals surface area (Å²) in [6.07, 6.45) is 1.50. The Balaban J connectivity index is 1.39. The number of hydrogen-bond donors (Lipinski definition) is 1. The van der Waals surface area contributed by atoms with Crippen LogP contribution in [-0.2, 0) is 14.3 Å². The van der Waals surface area contributed by atoms with E-state index < -0.39 is 30.3 Å². The largest absolute Gasteiger partial charge is 0.495 e. The zero-order valence-corrected chi connectivity index (χ0v) is 18.5. The molecule has 2 aliphatic rings. The molecule has 0 unspecified atom stereocenters. The number of benzene rings is 2. The molecule has 1 saturated heterocycles. The molecular weight excluding hydrogens is 452 g/mol. The van der Waals surface area contributed by atoms with E-state index in [1.807, 2.05) is 0 Å². The van der Waals surface area contributed by atoms with E-state index in [2.05, 4.69) is 5.32 Å². The number of halogens is 1. The van der Waals surface area contributed by atoms with E-state index in [9.17, 15) is 19.2 Å². The molecule has 2 aliphatic heterocycles. The van der Waals surface area contributed by atoms with Gasteiger partial charge in [0.15, 0.2) is 6.61 Å². The van der Waals surface area contributed by atoms with Gasteiger partial charge in [-0.3, -0.25) is 19.3 Å². The summed E-state index contributed by atoms with van der Waals surface area (Å²) in [6.45, 7) is 0.227.